The molecule has 1 atom stereocenters. The monoisotopic (exact) mass is 312 g/mol. The zero-order chi connectivity index (χ0) is 14.4. The fourth-order valence-electron chi connectivity index (χ4n) is 2.57. The van der Waals surface area contributed by atoms with Crippen molar-refractivity contribution in [1.29, 1.82) is 0 Å². The highest BCUT2D eigenvalue weighted by molar-refractivity contribution is 8.00. The summed E-state index contributed by atoms with van der Waals surface area (Å²) in [5.41, 5.74) is 2.68. The van der Waals surface area contributed by atoms with E-state index in [2.05, 4.69) is 48.0 Å². The van der Waals surface area contributed by atoms with E-state index in [1.807, 2.05) is 6.07 Å². The Morgan fingerprint density at radius 3 is 3.00 bits per heavy atom. The number of hydrogen-bond donors (Lipinski definition) is 1. The van der Waals surface area contributed by atoms with Crippen LogP contribution in [0.4, 0.5) is 5.69 Å². The second-order valence-electron chi connectivity index (χ2n) is 5.30. The number of thioether (sulfide) groups is 1. The molecule has 1 fully saturated rings. The highest BCUT2D eigenvalue weighted by atomic mass is 35.5. The Bertz CT molecular complexity index is 425. The third-order valence-corrected chi connectivity index (χ3v) is 5.33. The minimum Gasteiger partial charge on any atom is -0.369 e. The van der Waals surface area contributed by atoms with E-state index in [0.29, 0.717) is 0 Å². The summed E-state index contributed by atoms with van der Waals surface area (Å²) >= 11 is 8.32. The van der Waals surface area contributed by atoms with Gasteiger partial charge < -0.3 is 10.2 Å². The van der Waals surface area contributed by atoms with E-state index in [-0.39, 0.29) is 0 Å². The number of nitrogens with zero attached hydrogens (tertiary/aromatic N) is 1. The Kier molecular flexibility index (Phi) is 6.53. The predicted octanol–water partition coefficient (Wildman–Crippen LogP) is 4.17. The summed E-state index contributed by atoms with van der Waals surface area (Å²) in [7, 11) is 0. The summed E-state index contributed by atoms with van der Waals surface area (Å²) in [6.07, 6.45) is 2.41. The molecule has 0 radical (unpaired) electrons. The van der Waals surface area contributed by atoms with Gasteiger partial charge in [0.05, 0.1) is 0 Å². The molecule has 1 aliphatic heterocycles. The van der Waals surface area contributed by atoms with Gasteiger partial charge in [-0.25, -0.2) is 0 Å². The fourth-order valence-corrected chi connectivity index (χ4v) is 3.91. The van der Waals surface area contributed by atoms with Gasteiger partial charge in [-0.05, 0) is 37.1 Å². The summed E-state index contributed by atoms with van der Waals surface area (Å²) in [6.45, 7) is 8.74. The molecule has 1 aliphatic rings. The first-order valence-corrected chi connectivity index (χ1v) is 9.03. The van der Waals surface area contributed by atoms with Crippen molar-refractivity contribution in [2.24, 2.45) is 0 Å². The maximum absolute atomic E-state index is 6.22. The van der Waals surface area contributed by atoms with Crippen LogP contribution < -0.4 is 10.2 Å². The molecule has 0 spiro atoms. The molecule has 2 rings (SSSR count). The lowest BCUT2D eigenvalue weighted by Crippen LogP contribution is -2.38. The van der Waals surface area contributed by atoms with Crippen molar-refractivity contribution in [2.45, 2.75) is 38.5 Å². The molecule has 1 N–H and O–H groups in total. The smallest absolute Gasteiger partial charge is 0.0427 e. The van der Waals surface area contributed by atoms with Gasteiger partial charge in [-0.2, -0.15) is 11.8 Å². The van der Waals surface area contributed by atoms with Gasteiger partial charge in [-0.3, -0.25) is 0 Å². The van der Waals surface area contributed by atoms with E-state index < -0.39 is 0 Å². The largest absolute Gasteiger partial charge is 0.369 e. The van der Waals surface area contributed by atoms with Crippen LogP contribution in [0.25, 0.3) is 0 Å². The van der Waals surface area contributed by atoms with Crippen molar-refractivity contribution in [3.8, 4) is 0 Å². The minimum atomic E-state index is 0.749. The molecule has 1 aromatic rings. The van der Waals surface area contributed by atoms with Crippen LogP contribution in [-0.4, -0.2) is 30.6 Å². The van der Waals surface area contributed by atoms with Crippen LogP contribution in [0.15, 0.2) is 18.2 Å². The van der Waals surface area contributed by atoms with Crippen LogP contribution in [0, 0.1) is 0 Å². The second-order valence-corrected chi connectivity index (χ2v) is 7.14. The lowest BCUT2D eigenvalue weighted by molar-refractivity contribution is 0.668. The zero-order valence-corrected chi connectivity index (χ0v) is 14.1. The number of rotatable bonds is 6. The molecule has 1 heterocycles. The Morgan fingerprint density at radius 1 is 1.40 bits per heavy atom. The van der Waals surface area contributed by atoms with Crippen molar-refractivity contribution in [3.05, 3.63) is 28.8 Å². The van der Waals surface area contributed by atoms with Crippen LogP contribution >= 0.6 is 23.4 Å². The molecular formula is C16H25ClN2S. The molecule has 112 valence electrons. The van der Waals surface area contributed by atoms with Gasteiger partial charge in [0.1, 0.15) is 0 Å². The maximum atomic E-state index is 6.22. The number of nitrogens with one attached hydrogen (secondary N) is 1. The number of benzene rings is 1. The van der Waals surface area contributed by atoms with Gasteiger partial charge in [0.2, 0.25) is 0 Å². The third kappa shape index (κ3) is 4.31. The van der Waals surface area contributed by atoms with Crippen molar-refractivity contribution < 1.29 is 0 Å². The molecule has 20 heavy (non-hydrogen) atoms. The van der Waals surface area contributed by atoms with Crippen LogP contribution in [0.3, 0.4) is 0 Å². The maximum Gasteiger partial charge on any atom is 0.0427 e. The first-order valence-electron chi connectivity index (χ1n) is 7.60. The molecular weight excluding hydrogens is 288 g/mol. The number of halogens is 1. The molecule has 0 bridgehead atoms. The molecule has 2 nitrogen and oxygen atoms in total. The van der Waals surface area contributed by atoms with E-state index in [0.717, 1.165) is 36.5 Å². The average Bonchev–Trinajstić information content (AvgIpc) is 2.49. The van der Waals surface area contributed by atoms with Crippen LogP contribution in [0.2, 0.25) is 5.02 Å². The van der Waals surface area contributed by atoms with E-state index in [1.54, 1.807) is 0 Å². The molecule has 0 aromatic heterocycles. The Labute approximate surface area is 132 Å². The van der Waals surface area contributed by atoms with Gasteiger partial charge in [-0.1, -0.05) is 31.5 Å². The Hall–Kier alpha value is -0.380. The average molecular weight is 313 g/mol. The Morgan fingerprint density at radius 2 is 2.25 bits per heavy atom. The predicted molar refractivity (Wildman–Crippen MR) is 92.2 cm³/mol. The second kappa shape index (κ2) is 8.16. The summed E-state index contributed by atoms with van der Waals surface area (Å²) < 4.78 is 0. The summed E-state index contributed by atoms with van der Waals surface area (Å²) in [4.78, 5) is 2.51. The lowest BCUT2D eigenvalue weighted by atomic mass is 10.1. The zero-order valence-electron chi connectivity index (χ0n) is 12.5. The lowest BCUT2D eigenvalue weighted by Gasteiger charge is -2.35. The van der Waals surface area contributed by atoms with Crippen molar-refractivity contribution in [3.63, 3.8) is 0 Å². The summed E-state index contributed by atoms with van der Waals surface area (Å²) in [6, 6.07) is 6.31. The number of hydrogen-bond acceptors (Lipinski definition) is 3. The molecule has 4 heteroatoms. The van der Waals surface area contributed by atoms with Crippen LogP contribution in [-0.2, 0) is 6.54 Å². The van der Waals surface area contributed by atoms with E-state index in [4.69, 9.17) is 11.6 Å². The van der Waals surface area contributed by atoms with E-state index in [9.17, 15) is 0 Å². The van der Waals surface area contributed by atoms with Crippen molar-refractivity contribution >= 4 is 29.1 Å². The Balaban J connectivity index is 2.13. The van der Waals surface area contributed by atoms with Gasteiger partial charge in [0, 0.05) is 41.3 Å². The highest BCUT2D eigenvalue weighted by Crippen LogP contribution is 2.30. The van der Waals surface area contributed by atoms with E-state index >= 15 is 0 Å². The third-order valence-electron chi connectivity index (χ3n) is 3.72. The first kappa shape index (κ1) is 16.0. The highest BCUT2D eigenvalue weighted by Gasteiger charge is 2.21. The quantitative estimate of drug-likeness (QED) is 0.794. The molecule has 0 aliphatic carbocycles. The first-order chi connectivity index (χ1) is 9.74. The topological polar surface area (TPSA) is 15.3 Å². The van der Waals surface area contributed by atoms with Gasteiger partial charge in [-0.15, -0.1) is 0 Å². The minimum absolute atomic E-state index is 0.749. The summed E-state index contributed by atoms with van der Waals surface area (Å²) in [5, 5.41) is 5.09. The van der Waals surface area contributed by atoms with Gasteiger partial charge in [0.15, 0.2) is 0 Å². The van der Waals surface area contributed by atoms with Crippen molar-refractivity contribution in [2.75, 3.05) is 30.3 Å². The fraction of sp³-hybridized carbons (Fsp3) is 0.625. The number of anilines is 1. The summed E-state index contributed by atoms with van der Waals surface area (Å²) in [5.74, 6) is 1.22. The normalized spacial score (nSPS) is 19.4. The van der Waals surface area contributed by atoms with Crippen molar-refractivity contribution in [1.82, 2.24) is 5.32 Å². The molecule has 1 aromatic carbocycles. The van der Waals surface area contributed by atoms with Crippen LogP contribution in [0.5, 0.6) is 0 Å². The molecule has 1 saturated heterocycles. The van der Waals surface area contributed by atoms with Gasteiger partial charge >= 0.3 is 0 Å². The van der Waals surface area contributed by atoms with E-state index in [1.165, 1.54) is 29.8 Å². The SMILES string of the molecule is CCCNCc1ccc(Cl)cc1N1CCSC(CC)C1. The molecule has 0 saturated carbocycles. The van der Waals surface area contributed by atoms with Crippen LogP contribution in [0.1, 0.15) is 32.3 Å². The molecule has 1 unspecified atom stereocenters. The molecule has 0 amide bonds. The van der Waals surface area contributed by atoms with Gasteiger partial charge in [0.25, 0.3) is 0 Å². The standard InChI is InChI=1S/C16H25ClN2S/c1-3-7-18-11-13-5-6-14(17)10-16(13)19-8-9-20-15(4-2)12-19/h5-6,10,15,18H,3-4,7-9,11-12H2,1-2H3.